The first-order chi connectivity index (χ1) is 41.9. The molecule has 6 saturated heterocycles. The summed E-state index contributed by atoms with van der Waals surface area (Å²) in [6, 6.07) is 0. The molecular formula is C65H139F2NO23. The Balaban J connectivity index is -0.000000234. The third kappa shape index (κ3) is 34.1. The van der Waals surface area contributed by atoms with Crippen LogP contribution >= 0.6 is 0 Å². The van der Waals surface area contributed by atoms with Crippen LogP contribution in [-0.4, -0.2) is 319 Å². The summed E-state index contributed by atoms with van der Waals surface area (Å²) in [5.41, 5.74) is 5.40. The summed E-state index contributed by atoms with van der Waals surface area (Å²) < 4.78 is 149. The third-order valence-corrected chi connectivity index (χ3v) is 14.5. The number of hydrogen-bond acceptors (Lipinski definition) is 24. The molecule has 6 aliphatic heterocycles. The van der Waals surface area contributed by atoms with E-state index in [-0.39, 0.29) is 140 Å². The number of halogens is 2. The van der Waals surface area contributed by atoms with Crippen molar-refractivity contribution < 1.29 is 118 Å². The van der Waals surface area contributed by atoms with Gasteiger partial charge in [0.05, 0.1) is 103 Å². The van der Waals surface area contributed by atoms with Crippen LogP contribution in [0.25, 0.3) is 0 Å². The van der Waals surface area contributed by atoms with Crippen LogP contribution in [0.2, 0.25) is 0 Å². The second-order valence-corrected chi connectivity index (χ2v) is 20.3. The Bertz CT molecular complexity index is 1540. The first-order valence-electron chi connectivity index (χ1n) is 30.4. The predicted octanol–water partition coefficient (Wildman–Crippen LogP) is 7.85. The van der Waals surface area contributed by atoms with E-state index in [0.29, 0.717) is 72.6 Å². The van der Waals surface area contributed by atoms with Crippen LogP contribution in [-0.2, 0) is 109 Å². The maximum atomic E-state index is 13.2. The van der Waals surface area contributed by atoms with Crippen molar-refractivity contribution in [1.82, 2.24) is 0 Å². The standard InChI is InChI=1S/C11H22O5.C11H20O4.C10H21NO4.C9H18O4.2C8H15FO3.2C2H6.4CH4/c1-8-10(15-6-5-12-2)11(14-4)9(16-8)7-13-3;1-5-6-14-10-8(2)15-9(7-12-3)11(10)13-4;1-7-9(14-5-4-11)10(13-3)8(15-7)6-12-2;1-6-8(11-3)9(12-4)7(13-6)5-10-2;2*1-5-7(9)8(11-3)6(12-5)4-10-2;2*1-2;;;;/h8-11H,5-7H2,1-4H3;5,8-11H,1,6-7H2,2-4H3;7-10H,4-6,11H2,1-3H3;6-9H,5H2,1-4H3;2*5-8H,4H2,1-3H3;2*1-2H3;4*1H4/t2*8-,9+,10?,11-;7-,8+,9?,10-;6-,7+,8?,9-;2*5-,6+,7?,8-;;;;;;/m000000....../s1. The molecule has 24 nitrogen and oxygen atoms in total. The molecule has 26 heteroatoms. The molecule has 24 atom stereocenters. The van der Waals surface area contributed by atoms with Crippen molar-refractivity contribution in [3.05, 3.63) is 12.7 Å². The van der Waals surface area contributed by atoms with Gasteiger partial charge in [-0.25, -0.2) is 8.78 Å². The fraction of sp³-hybridized carbons (Fsp3) is 0.969. The topological polar surface area (TPSA) is 238 Å². The van der Waals surface area contributed by atoms with Gasteiger partial charge in [-0.1, -0.05) is 63.5 Å². The monoisotopic (exact) mass is 1340 g/mol. The van der Waals surface area contributed by atoms with Gasteiger partial charge in [-0.3, -0.25) is 0 Å². The summed E-state index contributed by atoms with van der Waals surface area (Å²) in [4.78, 5) is 0. The minimum Gasteiger partial charge on any atom is -0.382 e. The maximum Gasteiger partial charge on any atom is 0.154 e. The van der Waals surface area contributed by atoms with Gasteiger partial charge in [0, 0.05) is 106 Å². The van der Waals surface area contributed by atoms with Crippen molar-refractivity contribution in [2.24, 2.45) is 5.73 Å². The van der Waals surface area contributed by atoms with Crippen molar-refractivity contribution in [3.8, 4) is 0 Å². The van der Waals surface area contributed by atoms with E-state index in [1.807, 2.05) is 55.4 Å². The fourth-order valence-electron chi connectivity index (χ4n) is 10.6. The SMILES string of the molecule is C.C.C.C.C=CCOC1[C@H](C)O[C@H](COC)[C@@H]1OC.CC.CC.COCCOC1[C@H](C)O[C@H](COC)[C@@H]1OC.COC[C@H]1O[C@@H](C)C(F)[C@H]1OC.COC[C@H]1O[C@@H](C)C(F)[C@H]1OC.COC[C@H]1O[C@@H](C)C(OC)[C@H]1OC.COC[C@H]1O[C@@H](C)C(OCCN)[C@H]1OC. The molecule has 6 rings (SSSR count). The number of ether oxygens (including phenoxy) is 23. The first kappa shape index (κ1) is 101. The van der Waals surface area contributed by atoms with Crippen LogP contribution in [0.4, 0.5) is 8.78 Å². The highest BCUT2D eigenvalue weighted by molar-refractivity contribution is 4.95. The van der Waals surface area contributed by atoms with E-state index < -0.39 is 36.8 Å². The molecule has 0 bridgehead atoms. The highest BCUT2D eigenvalue weighted by Gasteiger charge is 2.47. The van der Waals surface area contributed by atoms with Gasteiger partial charge in [-0.2, -0.15) is 0 Å². The Hall–Kier alpha value is -1.36. The summed E-state index contributed by atoms with van der Waals surface area (Å²) >= 11 is 0. The Morgan fingerprint density at radius 1 is 0.319 bits per heavy atom. The van der Waals surface area contributed by atoms with E-state index in [9.17, 15) is 8.78 Å². The zero-order chi connectivity index (χ0) is 66.6. The van der Waals surface area contributed by atoms with Crippen LogP contribution in [0.15, 0.2) is 12.7 Å². The van der Waals surface area contributed by atoms with E-state index in [1.54, 1.807) is 105 Å². The third-order valence-electron chi connectivity index (χ3n) is 14.5. The molecule has 6 heterocycles. The number of rotatable bonds is 29. The van der Waals surface area contributed by atoms with Gasteiger partial charge in [0.15, 0.2) is 12.3 Å². The van der Waals surface area contributed by atoms with E-state index >= 15 is 0 Å². The summed E-state index contributed by atoms with van der Waals surface area (Å²) in [6.07, 6.45) is -3.15. The molecule has 0 aromatic rings. The second kappa shape index (κ2) is 61.0. The van der Waals surface area contributed by atoms with Gasteiger partial charge in [0.2, 0.25) is 0 Å². The Morgan fingerprint density at radius 3 is 0.791 bits per heavy atom. The van der Waals surface area contributed by atoms with Crippen molar-refractivity contribution in [2.45, 2.75) is 246 Å². The summed E-state index contributed by atoms with van der Waals surface area (Å²) in [5.74, 6) is 0. The van der Waals surface area contributed by atoms with Gasteiger partial charge in [0.25, 0.3) is 0 Å². The molecule has 91 heavy (non-hydrogen) atoms. The van der Waals surface area contributed by atoms with Gasteiger partial charge in [-0.15, -0.1) is 6.58 Å². The number of hydrogen-bond donors (Lipinski definition) is 1. The summed E-state index contributed by atoms with van der Waals surface area (Å²) in [5, 5.41) is 0. The Labute approximate surface area is 552 Å². The molecule has 0 amide bonds. The summed E-state index contributed by atoms with van der Waals surface area (Å²) in [7, 11) is 22.7. The first-order valence-corrected chi connectivity index (χ1v) is 30.4. The van der Waals surface area contributed by atoms with Crippen LogP contribution in [0, 0.1) is 0 Å². The van der Waals surface area contributed by atoms with E-state index in [1.165, 1.54) is 14.2 Å². The summed E-state index contributed by atoms with van der Waals surface area (Å²) in [6.45, 7) is 28.5. The normalized spacial score (nSPS) is 34.8. The average Bonchev–Trinajstić information content (AvgIpc) is 3.53. The van der Waals surface area contributed by atoms with Crippen LogP contribution in [0.5, 0.6) is 0 Å². The molecule has 0 spiro atoms. The van der Waals surface area contributed by atoms with Crippen molar-refractivity contribution in [1.29, 1.82) is 0 Å². The highest BCUT2D eigenvalue weighted by Crippen LogP contribution is 2.31. The smallest absolute Gasteiger partial charge is 0.154 e. The van der Waals surface area contributed by atoms with Crippen LogP contribution < -0.4 is 5.73 Å². The molecule has 0 saturated carbocycles. The quantitative estimate of drug-likeness (QED) is 0.0554. The molecule has 2 N–H and O–H groups in total. The van der Waals surface area contributed by atoms with Gasteiger partial charge >= 0.3 is 0 Å². The minimum absolute atomic E-state index is 0. The molecule has 0 aliphatic carbocycles. The number of methoxy groups -OCH3 is 14. The molecule has 6 fully saturated rings. The van der Waals surface area contributed by atoms with E-state index in [4.69, 9.17) is 115 Å². The lowest BCUT2D eigenvalue weighted by Gasteiger charge is -2.22. The van der Waals surface area contributed by atoms with Gasteiger partial charge in [0.1, 0.15) is 97.7 Å². The molecule has 6 aliphatic rings. The molecule has 0 aromatic heterocycles. The number of nitrogens with two attached hydrogens (primary N) is 1. The second-order valence-electron chi connectivity index (χ2n) is 20.3. The van der Waals surface area contributed by atoms with Crippen molar-refractivity contribution >= 4 is 0 Å². The maximum absolute atomic E-state index is 13.2. The predicted molar refractivity (Wildman–Crippen MR) is 353 cm³/mol. The van der Waals surface area contributed by atoms with Gasteiger partial charge in [-0.05, 0) is 41.5 Å². The molecular weight excluding hydrogens is 1200 g/mol. The lowest BCUT2D eigenvalue weighted by molar-refractivity contribution is -0.0644. The lowest BCUT2D eigenvalue weighted by Crippen LogP contribution is -2.38. The van der Waals surface area contributed by atoms with Crippen molar-refractivity contribution in [3.63, 3.8) is 0 Å². The average molecular weight is 1340 g/mol. The molecule has 6 unspecified atom stereocenters. The Kier molecular flexibility index (Phi) is 67.5. The van der Waals surface area contributed by atoms with E-state index in [2.05, 4.69) is 6.58 Å². The van der Waals surface area contributed by atoms with Crippen LogP contribution in [0.1, 0.15) is 98.9 Å². The minimum atomic E-state index is -1.05. The zero-order valence-electron chi connectivity index (χ0n) is 57.6. The molecule has 556 valence electrons. The molecule has 0 aromatic carbocycles. The lowest BCUT2D eigenvalue weighted by atomic mass is 10.1. The Morgan fingerprint density at radius 2 is 0.549 bits per heavy atom. The largest absolute Gasteiger partial charge is 0.382 e. The van der Waals surface area contributed by atoms with Crippen molar-refractivity contribution in [2.75, 3.05) is 172 Å². The highest BCUT2D eigenvalue weighted by atomic mass is 19.1. The van der Waals surface area contributed by atoms with Gasteiger partial charge < -0.3 is 115 Å². The zero-order valence-corrected chi connectivity index (χ0v) is 57.6. The fourth-order valence-corrected chi connectivity index (χ4v) is 10.6. The molecule has 0 radical (unpaired) electrons. The van der Waals surface area contributed by atoms with E-state index in [0.717, 1.165) is 0 Å². The number of alkyl halides is 2. The van der Waals surface area contributed by atoms with Crippen LogP contribution in [0.3, 0.4) is 0 Å².